The number of amides is 1. The van der Waals surface area contributed by atoms with Gasteiger partial charge in [0.1, 0.15) is 16.8 Å². The van der Waals surface area contributed by atoms with Crippen LogP contribution in [0.3, 0.4) is 0 Å². The van der Waals surface area contributed by atoms with Gasteiger partial charge in [0.25, 0.3) is 5.69 Å². The Labute approximate surface area is 103 Å². The number of alkyl halides is 1. The molecule has 0 heterocycles. The summed E-state index contributed by atoms with van der Waals surface area (Å²) in [5.41, 5.74) is -0.150. The Hall–Kier alpha value is -1.82. The van der Waals surface area contributed by atoms with E-state index >= 15 is 0 Å². The summed E-state index contributed by atoms with van der Waals surface area (Å²) >= 11 is 5.56. The fourth-order valence-electron chi connectivity index (χ4n) is 1.13. The van der Waals surface area contributed by atoms with Gasteiger partial charge in [-0.1, -0.05) is 0 Å². The van der Waals surface area contributed by atoms with Gasteiger partial charge in [-0.15, -0.1) is 11.6 Å². The molecule has 6 nitrogen and oxygen atoms in total. The van der Waals surface area contributed by atoms with Crippen LogP contribution in [-0.2, 0) is 4.79 Å². The van der Waals surface area contributed by atoms with Gasteiger partial charge in [0.15, 0.2) is 0 Å². The summed E-state index contributed by atoms with van der Waals surface area (Å²) in [5.74, 6) is -0.159. The smallest absolute Gasteiger partial charge is 0.296 e. The summed E-state index contributed by atoms with van der Waals surface area (Å²) in [4.78, 5) is 21.6. The minimum absolute atomic E-state index is 0.0910. The summed E-state index contributed by atoms with van der Waals surface area (Å²) in [6.45, 7) is 1.48. The normalized spacial score (nSPS) is 11.7. The van der Waals surface area contributed by atoms with Crippen LogP contribution in [0.5, 0.6) is 5.75 Å². The molecule has 1 atom stereocenters. The molecule has 0 saturated heterocycles. The van der Waals surface area contributed by atoms with Crippen molar-refractivity contribution in [1.29, 1.82) is 0 Å². The molecule has 0 aliphatic rings. The number of anilines is 1. The number of carbonyl (C=O) groups is 1. The molecule has 0 bridgehead atoms. The number of nitrogens with zero attached hydrogens (tertiary/aromatic N) is 1. The largest absolute Gasteiger partial charge is 0.496 e. The molecule has 7 heteroatoms. The van der Waals surface area contributed by atoms with Crippen molar-refractivity contribution >= 4 is 28.9 Å². The lowest BCUT2D eigenvalue weighted by atomic mass is 10.2. The average molecular weight is 259 g/mol. The molecule has 1 amide bonds. The van der Waals surface area contributed by atoms with Crippen LogP contribution in [0.1, 0.15) is 6.92 Å². The van der Waals surface area contributed by atoms with Crippen LogP contribution in [0.25, 0.3) is 0 Å². The van der Waals surface area contributed by atoms with E-state index in [0.717, 1.165) is 0 Å². The van der Waals surface area contributed by atoms with Crippen molar-refractivity contribution in [2.45, 2.75) is 12.3 Å². The zero-order valence-corrected chi connectivity index (χ0v) is 10.0. The molecule has 17 heavy (non-hydrogen) atoms. The quantitative estimate of drug-likeness (QED) is 0.510. The Kier molecular flexibility index (Phi) is 4.28. The molecular formula is C10H11ClN2O4. The van der Waals surface area contributed by atoms with Crippen molar-refractivity contribution in [3.05, 3.63) is 28.3 Å². The van der Waals surface area contributed by atoms with Gasteiger partial charge in [-0.05, 0) is 19.1 Å². The van der Waals surface area contributed by atoms with E-state index in [1.165, 1.54) is 32.2 Å². The number of nitrogens with one attached hydrogen (secondary N) is 1. The van der Waals surface area contributed by atoms with Crippen LogP contribution in [-0.4, -0.2) is 23.3 Å². The first-order valence-electron chi connectivity index (χ1n) is 4.73. The van der Waals surface area contributed by atoms with Crippen molar-refractivity contribution in [3.63, 3.8) is 0 Å². The Balaban J connectivity index is 3.06. The molecule has 0 saturated carbocycles. The monoisotopic (exact) mass is 258 g/mol. The van der Waals surface area contributed by atoms with Gasteiger partial charge < -0.3 is 10.1 Å². The van der Waals surface area contributed by atoms with E-state index in [1.807, 2.05) is 0 Å². The molecule has 1 aromatic carbocycles. The number of carbonyl (C=O) groups excluding carboxylic acids is 1. The van der Waals surface area contributed by atoms with E-state index in [2.05, 4.69) is 5.32 Å². The molecule has 0 fully saturated rings. The number of hydrogen-bond acceptors (Lipinski definition) is 4. The van der Waals surface area contributed by atoms with Crippen molar-refractivity contribution in [1.82, 2.24) is 0 Å². The fourth-order valence-corrected chi connectivity index (χ4v) is 1.18. The van der Waals surface area contributed by atoms with E-state index in [0.29, 0.717) is 5.75 Å². The standard InChI is InChI=1S/C10H11ClN2O4/c1-6(11)10(14)12-8-4-3-7(17-2)5-9(8)13(15)16/h3-6H,1-2H3,(H,12,14)/t6-/m0/s1. The van der Waals surface area contributed by atoms with Gasteiger partial charge in [0.2, 0.25) is 5.91 Å². The highest BCUT2D eigenvalue weighted by molar-refractivity contribution is 6.32. The Morgan fingerprint density at radius 3 is 2.71 bits per heavy atom. The molecule has 92 valence electrons. The summed E-state index contributed by atoms with van der Waals surface area (Å²) in [7, 11) is 1.40. The number of hydrogen-bond donors (Lipinski definition) is 1. The number of benzene rings is 1. The van der Waals surface area contributed by atoms with E-state index < -0.39 is 16.2 Å². The molecule has 1 N–H and O–H groups in total. The Morgan fingerprint density at radius 2 is 2.24 bits per heavy atom. The predicted octanol–water partition coefficient (Wildman–Crippen LogP) is 2.17. The van der Waals surface area contributed by atoms with Gasteiger partial charge in [-0.25, -0.2) is 0 Å². The number of nitro groups is 1. The molecule has 0 aliphatic carbocycles. The highest BCUT2D eigenvalue weighted by Crippen LogP contribution is 2.29. The van der Waals surface area contributed by atoms with Gasteiger partial charge in [-0.2, -0.15) is 0 Å². The number of rotatable bonds is 4. The first kappa shape index (κ1) is 13.2. The lowest BCUT2D eigenvalue weighted by Crippen LogP contribution is -2.20. The molecule has 1 aromatic rings. The van der Waals surface area contributed by atoms with Crippen LogP contribution < -0.4 is 10.1 Å². The van der Waals surface area contributed by atoms with Gasteiger partial charge in [-0.3, -0.25) is 14.9 Å². The zero-order valence-electron chi connectivity index (χ0n) is 9.27. The molecular weight excluding hydrogens is 248 g/mol. The second kappa shape index (κ2) is 5.49. The van der Waals surface area contributed by atoms with Crippen LogP contribution in [0.15, 0.2) is 18.2 Å². The van der Waals surface area contributed by atoms with E-state index in [4.69, 9.17) is 16.3 Å². The van der Waals surface area contributed by atoms with E-state index in [9.17, 15) is 14.9 Å². The first-order valence-corrected chi connectivity index (χ1v) is 5.16. The molecule has 0 aliphatic heterocycles. The van der Waals surface area contributed by atoms with Gasteiger partial charge in [0.05, 0.1) is 18.1 Å². The molecule has 0 spiro atoms. The summed E-state index contributed by atoms with van der Waals surface area (Å²) < 4.78 is 4.87. The third-order valence-corrected chi connectivity index (χ3v) is 2.22. The van der Waals surface area contributed by atoms with Crippen molar-refractivity contribution in [3.8, 4) is 5.75 Å². The highest BCUT2D eigenvalue weighted by Gasteiger charge is 2.18. The van der Waals surface area contributed by atoms with Gasteiger partial charge >= 0.3 is 0 Å². The lowest BCUT2D eigenvalue weighted by molar-refractivity contribution is -0.384. The van der Waals surface area contributed by atoms with E-state index in [-0.39, 0.29) is 11.4 Å². The van der Waals surface area contributed by atoms with Crippen LogP contribution >= 0.6 is 11.6 Å². The minimum Gasteiger partial charge on any atom is -0.496 e. The van der Waals surface area contributed by atoms with Crippen LogP contribution in [0.2, 0.25) is 0 Å². The van der Waals surface area contributed by atoms with Crippen molar-refractivity contribution in [2.24, 2.45) is 0 Å². The average Bonchev–Trinajstić information content (AvgIpc) is 2.29. The van der Waals surface area contributed by atoms with Crippen molar-refractivity contribution < 1.29 is 14.5 Å². The fraction of sp³-hybridized carbons (Fsp3) is 0.300. The maximum absolute atomic E-state index is 11.3. The van der Waals surface area contributed by atoms with Crippen LogP contribution in [0.4, 0.5) is 11.4 Å². The molecule has 0 radical (unpaired) electrons. The number of halogens is 1. The third-order valence-electron chi connectivity index (χ3n) is 2.02. The maximum atomic E-state index is 11.3. The molecule has 0 unspecified atom stereocenters. The Bertz CT molecular complexity index is 448. The number of ether oxygens (including phenoxy) is 1. The number of methoxy groups -OCH3 is 1. The zero-order chi connectivity index (χ0) is 13.0. The number of nitro benzene ring substituents is 1. The SMILES string of the molecule is COc1ccc(NC(=O)[C@H](C)Cl)c([N+](=O)[O-])c1. The maximum Gasteiger partial charge on any atom is 0.296 e. The second-order valence-electron chi connectivity index (χ2n) is 3.25. The second-order valence-corrected chi connectivity index (χ2v) is 3.90. The summed E-state index contributed by atoms with van der Waals surface area (Å²) in [6.07, 6.45) is 0. The summed E-state index contributed by atoms with van der Waals surface area (Å²) in [6, 6.07) is 4.14. The van der Waals surface area contributed by atoms with Gasteiger partial charge in [0, 0.05) is 0 Å². The topological polar surface area (TPSA) is 81.5 Å². The molecule has 1 rings (SSSR count). The predicted molar refractivity (Wildman–Crippen MR) is 63.6 cm³/mol. The lowest BCUT2D eigenvalue weighted by Gasteiger charge is -2.08. The first-order chi connectivity index (χ1) is 7.95. The third kappa shape index (κ3) is 3.32. The minimum atomic E-state index is -0.767. The highest BCUT2D eigenvalue weighted by atomic mass is 35.5. The van der Waals surface area contributed by atoms with Crippen LogP contribution in [0, 0.1) is 10.1 Å². The van der Waals surface area contributed by atoms with E-state index in [1.54, 1.807) is 0 Å². The summed E-state index contributed by atoms with van der Waals surface area (Å²) in [5, 5.41) is 12.4. The van der Waals surface area contributed by atoms with Crippen molar-refractivity contribution in [2.75, 3.05) is 12.4 Å². The molecule has 0 aromatic heterocycles. The Morgan fingerprint density at radius 1 is 1.59 bits per heavy atom.